The molecule has 0 aliphatic carbocycles. The highest BCUT2D eigenvalue weighted by Gasteiger charge is 1.99. The van der Waals surface area contributed by atoms with E-state index in [2.05, 4.69) is 37.2 Å². The van der Waals surface area contributed by atoms with Crippen molar-refractivity contribution in [2.75, 3.05) is 6.54 Å². The van der Waals surface area contributed by atoms with Gasteiger partial charge in [-0.15, -0.1) is 21.5 Å². The van der Waals surface area contributed by atoms with E-state index in [-0.39, 0.29) is 0 Å². The molecule has 0 saturated carbocycles. The lowest BCUT2D eigenvalue weighted by atomic mass is 10.3. The summed E-state index contributed by atoms with van der Waals surface area (Å²) in [6.07, 6.45) is 0.942. The summed E-state index contributed by atoms with van der Waals surface area (Å²) in [4.78, 5) is 6.85. The Kier molecular flexibility index (Phi) is 4.24. The van der Waals surface area contributed by atoms with Gasteiger partial charge in [0.2, 0.25) is 0 Å². The van der Waals surface area contributed by atoms with Gasteiger partial charge in [0.15, 0.2) is 11.8 Å². The minimum atomic E-state index is 0.339. The SMILES string of the molecule is Cn1nnc(CN=C(N)NCCc2cccs2)n1. The van der Waals surface area contributed by atoms with Gasteiger partial charge in [-0.05, 0) is 23.1 Å². The van der Waals surface area contributed by atoms with E-state index in [9.17, 15) is 0 Å². The van der Waals surface area contributed by atoms with Gasteiger partial charge in [0, 0.05) is 11.4 Å². The number of aliphatic imine (C=N–C) groups is 1. The normalized spacial score (nSPS) is 11.7. The molecule has 8 heteroatoms. The quantitative estimate of drug-likeness (QED) is 0.582. The number of nitrogens with one attached hydrogen (secondary N) is 1. The van der Waals surface area contributed by atoms with Gasteiger partial charge in [0.05, 0.1) is 7.05 Å². The maximum atomic E-state index is 5.73. The summed E-state index contributed by atoms with van der Waals surface area (Å²) in [5, 5.41) is 16.7. The molecular weight excluding hydrogens is 250 g/mol. The number of guanidine groups is 1. The van der Waals surface area contributed by atoms with Crippen LogP contribution in [0.15, 0.2) is 22.5 Å². The summed E-state index contributed by atoms with van der Waals surface area (Å²) in [6.45, 7) is 1.11. The highest BCUT2D eigenvalue weighted by molar-refractivity contribution is 7.09. The third-order valence-corrected chi connectivity index (χ3v) is 3.13. The Morgan fingerprint density at radius 3 is 3.17 bits per heavy atom. The third-order valence-electron chi connectivity index (χ3n) is 2.20. The number of aryl methyl sites for hydroxylation is 1. The van der Waals surface area contributed by atoms with Crippen molar-refractivity contribution >= 4 is 17.3 Å². The van der Waals surface area contributed by atoms with Crippen molar-refractivity contribution in [2.45, 2.75) is 13.0 Å². The summed E-state index contributed by atoms with van der Waals surface area (Å²) in [5.74, 6) is 0.958. The molecule has 96 valence electrons. The van der Waals surface area contributed by atoms with Crippen molar-refractivity contribution in [1.82, 2.24) is 25.5 Å². The number of thiophene rings is 1. The second kappa shape index (κ2) is 6.10. The molecular formula is C10H15N7S. The van der Waals surface area contributed by atoms with Crippen LogP contribution in [0.2, 0.25) is 0 Å². The van der Waals surface area contributed by atoms with Crippen LogP contribution in [0.3, 0.4) is 0 Å². The number of tetrazole rings is 1. The molecule has 2 heterocycles. The molecule has 0 fully saturated rings. The Morgan fingerprint density at radius 2 is 2.50 bits per heavy atom. The molecule has 2 aromatic heterocycles. The van der Waals surface area contributed by atoms with Crippen LogP contribution in [0.1, 0.15) is 10.7 Å². The molecule has 0 saturated heterocycles. The third kappa shape index (κ3) is 3.81. The molecule has 18 heavy (non-hydrogen) atoms. The Balaban J connectivity index is 1.72. The molecule has 0 aromatic carbocycles. The summed E-state index contributed by atoms with van der Waals surface area (Å²) < 4.78 is 0. The predicted molar refractivity (Wildman–Crippen MR) is 70.2 cm³/mol. The molecule has 0 bridgehead atoms. The van der Waals surface area contributed by atoms with Crippen molar-refractivity contribution < 1.29 is 0 Å². The monoisotopic (exact) mass is 265 g/mol. The Labute approximate surface area is 109 Å². The number of hydrogen-bond acceptors (Lipinski definition) is 5. The average Bonchev–Trinajstić information content (AvgIpc) is 2.98. The summed E-state index contributed by atoms with van der Waals surface area (Å²) in [7, 11) is 1.71. The number of aromatic nitrogens is 4. The molecule has 0 aliphatic rings. The van der Waals surface area contributed by atoms with Crippen LogP contribution in [0.5, 0.6) is 0 Å². The largest absolute Gasteiger partial charge is 0.370 e. The van der Waals surface area contributed by atoms with Crippen molar-refractivity contribution in [3.63, 3.8) is 0 Å². The Morgan fingerprint density at radius 1 is 1.61 bits per heavy atom. The van der Waals surface area contributed by atoms with Crippen LogP contribution in [-0.4, -0.2) is 32.7 Å². The fourth-order valence-electron chi connectivity index (χ4n) is 1.37. The minimum Gasteiger partial charge on any atom is -0.370 e. The summed E-state index contributed by atoms with van der Waals surface area (Å²) in [5.41, 5.74) is 5.73. The van der Waals surface area contributed by atoms with E-state index in [1.54, 1.807) is 18.4 Å². The molecule has 0 amide bonds. The van der Waals surface area contributed by atoms with Crippen LogP contribution in [0, 0.1) is 0 Å². The molecule has 0 unspecified atom stereocenters. The predicted octanol–water partition coefficient (Wildman–Crippen LogP) is -0.0814. The van der Waals surface area contributed by atoms with Gasteiger partial charge >= 0.3 is 0 Å². The lowest BCUT2D eigenvalue weighted by Gasteiger charge is -2.03. The molecule has 0 aliphatic heterocycles. The Bertz CT molecular complexity index is 502. The van der Waals surface area contributed by atoms with E-state index in [0.29, 0.717) is 18.3 Å². The van der Waals surface area contributed by atoms with E-state index in [4.69, 9.17) is 5.73 Å². The number of nitrogens with zero attached hydrogens (tertiary/aromatic N) is 5. The number of hydrogen-bond donors (Lipinski definition) is 2. The van der Waals surface area contributed by atoms with Crippen molar-refractivity contribution in [3.05, 3.63) is 28.2 Å². The zero-order chi connectivity index (χ0) is 12.8. The van der Waals surface area contributed by atoms with Crippen molar-refractivity contribution in [3.8, 4) is 0 Å². The average molecular weight is 265 g/mol. The van der Waals surface area contributed by atoms with Crippen LogP contribution in [0.4, 0.5) is 0 Å². The fourth-order valence-corrected chi connectivity index (χ4v) is 2.08. The van der Waals surface area contributed by atoms with Crippen LogP contribution >= 0.6 is 11.3 Å². The molecule has 2 aromatic rings. The van der Waals surface area contributed by atoms with E-state index in [1.807, 2.05) is 6.07 Å². The molecule has 0 spiro atoms. The topological polar surface area (TPSA) is 94.0 Å². The van der Waals surface area contributed by atoms with E-state index in [1.165, 1.54) is 9.67 Å². The lowest BCUT2D eigenvalue weighted by Crippen LogP contribution is -2.33. The van der Waals surface area contributed by atoms with Gasteiger partial charge in [-0.3, -0.25) is 0 Å². The number of rotatable bonds is 5. The van der Waals surface area contributed by atoms with Gasteiger partial charge in [-0.2, -0.15) is 4.80 Å². The standard InChI is InChI=1S/C10H15N7S/c1-17-15-9(14-16-17)7-13-10(11)12-5-4-8-3-2-6-18-8/h2-3,6H,4-5,7H2,1H3,(H3,11,12,13). The van der Waals surface area contributed by atoms with E-state index in [0.717, 1.165) is 13.0 Å². The molecule has 3 N–H and O–H groups in total. The fraction of sp³-hybridized carbons (Fsp3) is 0.400. The lowest BCUT2D eigenvalue weighted by molar-refractivity contribution is 0.627. The second-order valence-electron chi connectivity index (χ2n) is 3.65. The number of nitrogens with two attached hydrogens (primary N) is 1. The first-order valence-corrected chi connectivity index (χ1v) is 6.41. The summed E-state index contributed by atoms with van der Waals surface area (Å²) in [6, 6.07) is 4.14. The maximum Gasteiger partial charge on any atom is 0.196 e. The highest BCUT2D eigenvalue weighted by atomic mass is 32.1. The van der Waals surface area contributed by atoms with Crippen molar-refractivity contribution in [1.29, 1.82) is 0 Å². The maximum absolute atomic E-state index is 5.73. The van der Waals surface area contributed by atoms with E-state index < -0.39 is 0 Å². The zero-order valence-corrected chi connectivity index (χ0v) is 10.9. The minimum absolute atomic E-state index is 0.339. The second-order valence-corrected chi connectivity index (χ2v) is 4.68. The highest BCUT2D eigenvalue weighted by Crippen LogP contribution is 2.07. The molecule has 2 rings (SSSR count). The first-order chi connectivity index (χ1) is 8.74. The zero-order valence-electron chi connectivity index (χ0n) is 10.1. The molecule has 0 atom stereocenters. The van der Waals surface area contributed by atoms with Crippen molar-refractivity contribution in [2.24, 2.45) is 17.8 Å². The molecule has 7 nitrogen and oxygen atoms in total. The van der Waals surface area contributed by atoms with Gasteiger partial charge < -0.3 is 11.1 Å². The van der Waals surface area contributed by atoms with Crippen LogP contribution in [-0.2, 0) is 20.0 Å². The van der Waals surface area contributed by atoms with E-state index >= 15 is 0 Å². The first-order valence-electron chi connectivity index (χ1n) is 5.53. The molecule has 0 radical (unpaired) electrons. The van der Waals surface area contributed by atoms with Gasteiger partial charge in [-0.25, -0.2) is 4.99 Å². The van der Waals surface area contributed by atoms with Crippen LogP contribution in [0.25, 0.3) is 0 Å². The van der Waals surface area contributed by atoms with Gasteiger partial charge in [-0.1, -0.05) is 6.07 Å². The van der Waals surface area contributed by atoms with Gasteiger partial charge in [0.25, 0.3) is 0 Å². The summed E-state index contributed by atoms with van der Waals surface area (Å²) >= 11 is 1.74. The Hall–Kier alpha value is -1.96. The van der Waals surface area contributed by atoms with Gasteiger partial charge in [0.1, 0.15) is 6.54 Å². The smallest absolute Gasteiger partial charge is 0.196 e. The first kappa shape index (κ1) is 12.5. The van der Waals surface area contributed by atoms with Crippen LogP contribution < -0.4 is 11.1 Å².